The average molecular weight is 168 g/mol. The quantitative estimate of drug-likeness (QED) is 0.632. The summed E-state index contributed by atoms with van der Waals surface area (Å²) in [7, 11) is 0. The van der Waals surface area contributed by atoms with E-state index >= 15 is 0 Å². The molecule has 1 aromatic rings. The van der Waals surface area contributed by atoms with Crippen LogP contribution >= 0.6 is 11.8 Å². The molecule has 1 heterocycles. The van der Waals surface area contributed by atoms with Gasteiger partial charge in [-0.3, -0.25) is 4.98 Å². The van der Waals surface area contributed by atoms with Crippen molar-refractivity contribution in [2.24, 2.45) is 0 Å². The summed E-state index contributed by atoms with van der Waals surface area (Å²) in [6.45, 7) is 4.06. The van der Waals surface area contributed by atoms with E-state index in [0.717, 1.165) is 22.8 Å². The van der Waals surface area contributed by atoms with Gasteiger partial charge in [0.25, 0.3) is 0 Å². The summed E-state index contributed by atoms with van der Waals surface area (Å²) in [6, 6.07) is 0. The van der Waals surface area contributed by atoms with Gasteiger partial charge in [0.05, 0.1) is 11.4 Å². The van der Waals surface area contributed by atoms with Crippen LogP contribution < -0.4 is 0 Å². The van der Waals surface area contributed by atoms with Crippen LogP contribution in [0.4, 0.5) is 0 Å². The van der Waals surface area contributed by atoms with Crippen LogP contribution in [0.15, 0.2) is 11.2 Å². The molecule has 0 atom stereocenters. The average Bonchev–Trinajstić information content (AvgIpc) is 2.04. The van der Waals surface area contributed by atoms with Crippen molar-refractivity contribution < 1.29 is 0 Å². The van der Waals surface area contributed by atoms with E-state index < -0.39 is 0 Å². The van der Waals surface area contributed by atoms with E-state index in [1.54, 1.807) is 11.8 Å². The Balaban J connectivity index is 3.06. The lowest BCUT2D eigenvalue weighted by Crippen LogP contribution is -1.95. The third-order valence-corrected chi connectivity index (χ3v) is 2.17. The van der Waals surface area contributed by atoms with Gasteiger partial charge in [0.1, 0.15) is 5.03 Å². The molecule has 0 aromatic carbocycles. The lowest BCUT2D eigenvalue weighted by atomic mass is 10.3. The van der Waals surface area contributed by atoms with Crippen molar-refractivity contribution in [1.82, 2.24) is 9.97 Å². The molecule has 0 aliphatic carbocycles. The van der Waals surface area contributed by atoms with Gasteiger partial charge < -0.3 is 0 Å². The maximum Gasteiger partial charge on any atom is 0.118 e. The largest absolute Gasteiger partial charge is 0.257 e. The van der Waals surface area contributed by atoms with Gasteiger partial charge in [0.2, 0.25) is 0 Å². The maximum atomic E-state index is 4.36. The Morgan fingerprint density at radius 2 is 2.27 bits per heavy atom. The Hall–Kier alpha value is -0.570. The highest BCUT2D eigenvalue weighted by Crippen LogP contribution is 2.15. The van der Waals surface area contributed by atoms with Crippen LogP contribution in [0.2, 0.25) is 0 Å². The standard InChI is InChI=1S/C8H12N2S/c1-4-7-8(11-3)10-6(2)5-9-7/h5H,4H2,1-3H3. The van der Waals surface area contributed by atoms with E-state index in [1.165, 1.54) is 0 Å². The summed E-state index contributed by atoms with van der Waals surface area (Å²) >= 11 is 1.66. The lowest BCUT2D eigenvalue weighted by molar-refractivity contribution is 0.887. The third kappa shape index (κ3) is 1.93. The van der Waals surface area contributed by atoms with Gasteiger partial charge in [0, 0.05) is 6.20 Å². The monoisotopic (exact) mass is 168 g/mol. The highest BCUT2D eigenvalue weighted by Gasteiger charge is 2.01. The molecule has 1 aromatic heterocycles. The number of aromatic nitrogens is 2. The molecular weight excluding hydrogens is 156 g/mol. The fourth-order valence-electron chi connectivity index (χ4n) is 0.886. The van der Waals surface area contributed by atoms with Crippen LogP contribution in [0, 0.1) is 6.92 Å². The summed E-state index contributed by atoms with van der Waals surface area (Å²) in [6.07, 6.45) is 4.81. The fourth-order valence-corrected chi connectivity index (χ4v) is 1.55. The SMILES string of the molecule is CCc1ncc(C)nc1SC. The number of aryl methyl sites for hydroxylation is 2. The summed E-state index contributed by atoms with van der Waals surface area (Å²) in [5.74, 6) is 0. The van der Waals surface area contributed by atoms with Crippen molar-refractivity contribution in [2.75, 3.05) is 6.26 Å². The highest BCUT2D eigenvalue weighted by atomic mass is 32.2. The molecule has 11 heavy (non-hydrogen) atoms. The zero-order chi connectivity index (χ0) is 8.27. The summed E-state index contributed by atoms with van der Waals surface area (Å²) in [4.78, 5) is 8.65. The number of rotatable bonds is 2. The first-order valence-corrected chi connectivity index (χ1v) is 4.87. The Bertz CT molecular complexity index is 248. The van der Waals surface area contributed by atoms with Crippen LogP contribution in [0.5, 0.6) is 0 Å². The fraction of sp³-hybridized carbons (Fsp3) is 0.500. The highest BCUT2D eigenvalue weighted by molar-refractivity contribution is 7.98. The van der Waals surface area contributed by atoms with Gasteiger partial charge in [-0.05, 0) is 19.6 Å². The minimum Gasteiger partial charge on any atom is -0.257 e. The molecule has 0 spiro atoms. The predicted molar refractivity (Wildman–Crippen MR) is 47.9 cm³/mol. The van der Waals surface area contributed by atoms with Crippen molar-refractivity contribution in [3.63, 3.8) is 0 Å². The molecule has 0 fully saturated rings. The Kier molecular flexibility index (Phi) is 2.88. The minimum atomic E-state index is 0.962. The molecule has 3 heteroatoms. The number of hydrogen-bond donors (Lipinski definition) is 0. The molecule has 0 bridgehead atoms. The molecule has 0 radical (unpaired) electrons. The zero-order valence-electron chi connectivity index (χ0n) is 7.09. The summed E-state index contributed by atoms with van der Waals surface area (Å²) < 4.78 is 0. The van der Waals surface area contributed by atoms with Gasteiger partial charge in [-0.25, -0.2) is 4.98 Å². The molecule has 0 saturated heterocycles. The van der Waals surface area contributed by atoms with Crippen molar-refractivity contribution in [2.45, 2.75) is 25.3 Å². The third-order valence-electron chi connectivity index (χ3n) is 1.46. The number of nitrogens with zero attached hydrogens (tertiary/aromatic N) is 2. The Morgan fingerprint density at radius 1 is 1.55 bits per heavy atom. The lowest BCUT2D eigenvalue weighted by Gasteiger charge is -2.02. The van der Waals surface area contributed by atoms with E-state index in [2.05, 4.69) is 16.9 Å². The van der Waals surface area contributed by atoms with Gasteiger partial charge in [-0.15, -0.1) is 11.8 Å². The van der Waals surface area contributed by atoms with E-state index in [-0.39, 0.29) is 0 Å². The first-order valence-electron chi connectivity index (χ1n) is 3.64. The molecule has 0 aliphatic rings. The van der Waals surface area contributed by atoms with Gasteiger partial charge >= 0.3 is 0 Å². The van der Waals surface area contributed by atoms with E-state index in [1.807, 2.05) is 19.4 Å². The second kappa shape index (κ2) is 3.72. The van der Waals surface area contributed by atoms with Gasteiger partial charge in [-0.1, -0.05) is 6.92 Å². The van der Waals surface area contributed by atoms with E-state index in [0.29, 0.717) is 0 Å². The molecule has 60 valence electrons. The normalized spacial score (nSPS) is 10.1. The minimum absolute atomic E-state index is 0.962. The van der Waals surface area contributed by atoms with Crippen molar-refractivity contribution >= 4 is 11.8 Å². The summed E-state index contributed by atoms with van der Waals surface area (Å²) in [5, 5.41) is 1.06. The Labute approximate surface area is 71.5 Å². The molecular formula is C8H12N2S. The van der Waals surface area contributed by atoms with Crippen molar-refractivity contribution in [3.8, 4) is 0 Å². The van der Waals surface area contributed by atoms with Crippen LogP contribution in [0.3, 0.4) is 0 Å². The van der Waals surface area contributed by atoms with Gasteiger partial charge in [0.15, 0.2) is 0 Å². The number of thioether (sulfide) groups is 1. The van der Waals surface area contributed by atoms with Crippen LogP contribution in [0.1, 0.15) is 18.3 Å². The zero-order valence-corrected chi connectivity index (χ0v) is 7.90. The molecule has 0 aliphatic heterocycles. The second-order valence-corrected chi connectivity index (χ2v) is 3.12. The molecule has 0 N–H and O–H groups in total. The molecule has 0 saturated carbocycles. The number of hydrogen-bond acceptors (Lipinski definition) is 3. The first kappa shape index (κ1) is 8.53. The summed E-state index contributed by atoms with van der Waals surface area (Å²) in [5.41, 5.74) is 2.09. The van der Waals surface area contributed by atoms with Gasteiger partial charge in [-0.2, -0.15) is 0 Å². The molecule has 0 unspecified atom stereocenters. The van der Waals surface area contributed by atoms with E-state index in [4.69, 9.17) is 0 Å². The van der Waals surface area contributed by atoms with Crippen LogP contribution in [0.25, 0.3) is 0 Å². The smallest absolute Gasteiger partial charge is 0.118 e. The molecule has 2 nitrogen and oxygen atoms in total. The van der Waals surface area contributed by atoms with Crippen LogP contribution in [-0.4, -0.2) is 16.2 Å². The Morgan fingerprint density at radius 3 is 2.82 bits per heavy atom. The topological polar surface area (TPSA) is 25.8 Å². The maximum absolute atomic E-state index is 4.36. The van der Waals surface area contributed by atoms with Crippen molar-refractivity contribution in [1.29, 1.82) is 0 Å². The first-order chi connectivity index (χ1) is 5.27. The molecule has 0 amide bonds. The second-order valence-electron chi connectivity index (χ2n) is 2.32. The van der Waals surface area contributed by atoms with Crippen LogP contribution in [-0.2, 0) is 6.42 Å². The predicted octanol–water partition coefficient (Wildman–Crippen LogP) is 2.07. The molecule has 1 rings (SSSR count). The van der Waals surface area contributed by atoms with Crippen molar-refractivity contribution in [3.05, 3.63) is 17.6 Å². The van der Waals surface area contributed by atoms with E-state index in [9.17, 15) is 0 Å².